The fourth-order valence-corrected chi connectivity index (χ4v) is 3.38. The van der Waals surface area contributed by atoms with Crippen LogP contribution in [-0.4, -0.2) is 29.9 Å². The molecular formula is C19H30N2O. The normalized spacial score (nSPS) is 23.4. The van der Waals surface area contributed by atoms with Crippen LogP contribution in [0.25, 0.3) is 0 Å². The van der Waals surface area contributed by atoms with Crippen molar-refractivity contribution < 1.29 is 4.79 Å². The van der Waals surface area contributed by atoms with E-state index in [1.807, 2.05) is 4.90 Å². The molecule has 3 atom stereocenters. The third kappa shape index (κ3) is 4.10. The van der Waals surface area contributed by atoms with Crippen LogP contribution in [0.4, 0.5) is 0 Å². The maximum Gasteiger partial charge on any atom is 0.223 e. The number of nitrogens with zero attached hydrogens (tertiary/aromatic N) is 1. The van der Waals surface area contributed by atoms with Gasteiger partial charge in [-0.3, -0.25) is 4.79 Å². The Morgan fingerprint density at radius 3 is 2.64 bits per heavy atom. The van der Waals surface area contributed by atoms with Gasteiger partial charge in [0.2, 0.25) is 5.91 Å². The maximum atomic E-state index is 12.7. The Labute approximate surface area is 134 Å². The minimum absolute atomic E-state index is 0.228. The molecule has 22 heavy (non-hydrogen) atoms. The average Bonchev–Trinajstić information content (AvgIpc) is 2.54. The highest BCUT2D eigenvalue weighted by Crippen LogP contribution is 2.26. The van der Waals surface area contributed by atoms with Crippen molar-refractivity contribution in [1.29, 1.82) is 0 Å². The van der Waals surface area contributed by atoms with E-state index < -0.39 is 0 Å². The van der Waals surface area contributed by atoms with Crippen molar-refractivity contribution in [3.05, 3.63) is 35.4 Å². The summed E-state index contributed by atoms with van der Waals surface area (Å²) in [5.74, 6) is 1.20. The van der Waals surface area contributed by atoms with E-state index in [1.54, 1.807) is 0 Å². The van der Waals surface area contributed by atoms with E-state index in [4.69, 9.17) is 5.73 Å². The Morgan fingerprint density at radius 1 is 1.36 bits per heavy atom. The zero-order chi connectivity index (χ0) is 16.1. The molecule has 1 aromatic rings. The molecule has 0 bridgehead atoms. The first kappa shape index (κ1) is 17.0. The van der Waals surface area contributed by atoms with E-state index in [0.717, 1.165) is 25.8 Å². The summed E-state index contributed by atoms with van der Waals surface area (Å²) >= 11 is 0. The molecule has 0 radical (unpaired) electrons. The number of nitrogens with two attached hydrogens (primary N) is 1. The van der Waals surface area contributed by atoms with E-state index in [2.05, 4.69) is 45.0 Å². The van der Waals surface area contributed by atoms with Crippen LogP contribution in [0.5, 0.6) is 0 Å². The minimum atomic E-state index is 0.228. The van der Waals surface area contributed by atoms with Crippen molar-refractivity contribution in [2.45, 2.75) is 58.4 Å². The first-order valence-corrected chi connectivity index (χ1v) is 8.63. The molecule has 3 nitrogen and oxygen atoms in total. The van der Waals surface area contributed by atoms with Crippen molar-refractivity contribution in [2.24, 2.45) is 11.7 Å². The van der Waals surface area contributed by atoms with Crippen molar-refractivity contribution in [3.8, 4) is 0 Å². The molecule has 3 unspecified atom stereocenters. The van der Waals surface area contributed by atoms with Gasteiger partial charge in [-0.1, -0.05) is 45.0 Å². The fourth-order valence-electron chi connectivity index (χ4n) is 3.38. The summed E-state index contributed by atoms with van der Waals surface area (Å²) in [6.07, 6.45) is 3.78. The summed E-state index contributed by atoms with van der Waals surface area (Å²) < 4.78 is 0. The zero-order valence-electron chi connectivity index (χ0n) is 14.2. The lowest BCUT2D eigenvalue weighted by Crippen LogP contribution is -2.49. The van der Waals surface area contributed by atoms with Crippen LogP contribution in [-0.2, 0) is 11.2 Å². The summed E-state index contributed by atoms with van der Waals surface area (Å²) in [5.41, 5.74) is 8.47. The molecule has 0 aromatic heterocycles. The first-order chi connectivity index (χ1) is 10.5. The average molecular weight is 302 g/mol. The molecule has 1 aliphatic rings. The quantitative estimate of drug-likeness (QED) is 0.907. The van der Waals surface area contributed by atoms with Crippen LogP contribution in [0, 0.1) is 5.92 Å². The van der Waals surface area contributed by atoms with Gasteiger partial charge in [0.25, 0.3) is 0 Å². The van der Waals surface area contributed by atoms with Gasteiger partial charge >= 0.3 is 0 Å². The topological polar surface area (TPSA) is 46.3 Å². The number of hydrogen-bond donors (Lipinski definition) is 1. The van der Waals surface area contributed by atoms with Crippen LogP contribution >= 0.6 is 0 Å². The maximum absolute atomic E-state index is 12.7. The molecule has 1 aromatic carbocycles. The smallest absolute Gasteiger partial charge is 0.223 e. The standard InChI is InChI=1S/C19H30N2O/c1-4-16-5-7-17(8-6-16)15(3)12-19(22)21-10-9-14(2)11-18(21)13-20/h5-8,14-15,18H,4,9-13,20H2,1-3H3. The predicted octanol–water partition coefficient (Wildman–Crippen LogP) is 3.33. The monoisotopic (exact) mass is 302 g/mol. The number of rotatable bonds is 5. The van der Waals surface area contributed by atoms with Gasteiger partial charge in [0.15, 0.2) is 0 Å². The van der Waals surface area contributed by atoms with Gasteiger partial charge in [0.1, 0.15) is 0 Å². The number of amides is 1. The predicted molar refractivity (Wildman–Crippen MR) is 91.8 cm³/mol. The lowest BCUT2D eigenvalue weighted by molar-refractivity contribution is -0.135. The molecule has 1 heterocycles. The molecule has 0 aliphatic carbocycles. The highest BCUT2D eigenvalue weighted by Gasteiger charge is 2.29. The Balaban J connectivity index is 1.97. The SMILES string of the molecule is CCc1ccc(C(C)CC(=O)N2CCC(C)CC2CN)cc1. The van der Waals surface area contributed by atoms with Gasteiger partial charge in [-0.15, -0.1) is 0 Å². The van der Waals surface area contributed by atoms with E-state index in [1.165, 1.54) is 11.1 Å². The second-order valence-electron chi connectivity index (χ2n) is 6.81. The highest BCUT2D eigenvalue weighted by atomic mass is 16.2. The van der Waals surface area contributed by atoms with E-state index in [-0.39, 0.29) is 17.9 Å². The molecule has 1 fully saturated rings. The second-order valence-corrected chi connectivity index (χ2v) is 6.81. The van der Waals surface area contributed by atoms with Crippen molar-refractivity contribution in [2.75, 3.05) is 13.1 Å². The minimum Gasteiger partial charge on any atom is -0.338 e. The molecule has 0 spiro atoms. The Hall–Kier alpha value is -1.35. The molecule has 1 aliphatic heterocycles. The third-order valence-electron chi connectivity index (χ3n) is 5.01. The molecule has 122 valence electrons. The summed E-state index contributed by atoms with van der Waals surface area (Å²) in [6, 6.07) is 8.89. The van der Waals surface area contributed by atoms with E-state index >= 15 is 0 Å². The molecular weight excluding hydrogens is 272 g/mol. The van der Waals surface area contributed by atoms with Crippen LogP contribution < -0.4 is 5.73 Å². The first-order valence-electron chi connectivity index (χ1n) is 8.63. The molecule has 0 saturated carbocycles. The highest BCUT2D eigenvalue weighted by molar-refractivity contribution is 5.77. The number of carbonyl (C=O) groups is 1. The number of benzene rings is 1. The van der Waals surface area contributed by atoms with Gasteiger partial charge in [-0.2, -0.15) is 0 Å². The van der Waals surface area contributed by atoms with Gasteiger partial charge in [-0.05, 0) is 42.2 Å². The zero-order valence-corrected chi connectivity index (χ0v) is 14.2. The molecule has 2 N–H and O–H groups in total. The molecule has 1 amide bonds. The summed E-state index contributed by atoms with van der Waals surface area (Å²) in [6.45, 7) is 8.00. The van der Waals surface area contributed by atoms with Crippen molar-refractivity contribution in [1.82, 2.24) is 4.90 Å². The van der Waals surface area contributed by atoms with Gasteiger partial charge in [-0.25, -0.2) is 0 Å². The Bertz CT molecular complexity index is 483. The van der Waals surface area contributed by atoms with Crippen molar-refractivity contribution >= 4 is 5.91 Å². The largest absolute Gasteiger partial charge is 0.338 e. The second kappa shape index (κ2) is 7.77. The van der Waals surface area contributed by atoms with Crippen LogP contribution in [0.3, 0.4) is 0 Å². The number of aryl methyl sites for hydroxylation is 1. The van der Waals surface area contributed by atoms with Crippen LogP contribution in [0.2, 0.25) is 0 Å². The summed E-state index contributed by atoms with van der Waals surface area (Å²) in [5, 5.41) is 0. The number of piperidine rings is 1. The Morgan fingerprint density at radius 2 is 2.05 bits per heavy atom. The van der Waals surface area contributed by atoms with E-state index in [9.17, 15) is 4.79 Å². The fraction of sp³-hybridized carbons (Fsp3) is 0.632. The molecule has 2 rings (SSSR count). The lowest BCUT2D eigenvalue weighted by Gasteiger charge is -2.38. The van der Waals surface area contributed by atoms with E-state index in [0.29, 0.717) is 18.9 Å². The third-order valence-corrected chi connectivity index (χ3v) is 5.01. The van der Waals surface area contributed by atoms with Crippen LogP contribution in [0.1, 0.15) is 57.1 Å². The lowest BCUT2D eigenvalue weighted by atomic mass is 9.90. The van der Waals surface area contributed by atoms with Crippen molar-refractivity contribution in [3.63, 3.8) is 0 Å². The summed E-state index contributed by atoms with van der Waals surface area (Å²) in [4.78, 5) is 14.7. The number of carbonyl (C=O) groups excluding carboxylic acids is 1. The van der Waals surface area contributed by atoms with Crippen LogP contribution in [0.15, 0.2) is 24.3 Å². The summed E-state index contributed by atoms with van der Waals surface area (Å²) in [7, 11) is 0. The van der Waals surface area contributed by atoms with Gasteiger partial charge in [0, 0.05) is 25.6 Å². The number of likely N-dealkylation sites (tertiary alicyclic amines) is 1. The molecule has 3 heteroatoms. The van der Waals surface area contributed by atoms with Gasteiger partial charge < -0.3 is 10.6 Å². The van der Waals surface area contributed by atoms with Gasteiger partial charge in [0.05, 0.1) is 0 Å². The number of hydrogen-bond acceptors (Lipinski definition) is 2. The Kier molecular flexibility index (Phi) is 6.01. The molecule has 1 saturated heterocycles.